The second kappa shape index (κ2) is 4.30. The average Bonchev–Trinajstić information content (AvgIpc) is 2.73. The minimum absolute atomic E-state index is 0.0769. The summed E-state index contributed by atoms with van der Waals surface area (Å²) in [7, 11) is 0. The van der Waals surface area contributed by atoms with Gasteiger partial charge in [-0.1, -0.05) is 22.9 Å². The van der Waals surface area contributed by atoms with Gasteiger partial charge in [-0.25, -0.2) is 0 Å². The van der Waals surface area contributed by atoms with Gasteiger partial charge in [-0.05, 0) is 6.42 Å². The minimum atomic E-state index is -0.0769. The Kier molecular flexibility index (Phi) is 3.04. The summed E-state index contributed by atoms with van der Waals surface area (Å²) in [6, 6.07) is 0. The van der Waals surface area contributed by atoms with Crippen LogP contribution < -0.4 is 0 Å². The Morgan fingerprint density at radius 3 is 3.20 bits per heavy atom. The van der Waals surface area contributed by atoms with Gasteiger partial charge in [-0.2, -0.15) is 0 Å². The molecule has 1 aliphatic heterocycles. The topological polar surface area (TPSA) is 51.0 Å². The highest BCUT2D eigenvalue weighted by Crippen LogP contribution is 2.14. The fourth-order valence-electron chi connectivity index (χ4n) is 1.63. The first-order valence-corrected chi connectivity index (χ1v) is 5.93. The molecule has 1 aliphatic rings. The molecule has 82 valence electrons. The van der Waals surface area contributed by atoms with E-state index >= 15 is 0 Å². The summed E-state index contributed by atoms with van der Waals surface area (Å²) < 4.78 is 1.99. The van der Waals surface area contributed by atoms with E-state index in [0.717, 1.165) is 25.3 Å². The first-order valence-electron chi connectivity index (χ1n) is 5.02. The van der Waals surface area contributed by atoms with Crippen LogP contribution in [0.25, 0.3) is 0 Å². The van der Waals surface area contributed by atoms with Crippen LogP contribution in [0.4, 0.5) is 0 Å². The van der Waals surface area contributed by atoms with Crippen LogP contribution >= 0.6 is 15.9 Å². The lowest BCUT2D eigenvalue weighted by molar-refractivity contribution is -0.132. The third-order valence-corrected chi connectivity index (χ3v) is 3.62. The lowest BCUT2D eigenvalue weighted by Gasteiger charge is -2.28. The molecule has 1 aromatic rings. The summed E-state index contributed by atoms with van der Waals surface area (Å²) in [4.78, 5) is 13.6. The molecule has 1 amide bonds. The van der Waals surface area contributed by atoms with Crippen molar-refractivity contribution in [1.82, 2.24) is 19.7 Å². The molecule has 0 aromatic carbocycles. The number of fused-ring (bicyclic) bond motifs is 1. The first-order chi connectivity index (χ1) is 7.22. The van der Waals surface area contributed by atoms with Gasteiger partial charge in [0.15, 0.2) is 5.82 Å². The molecule has 0 spiro atoms. The molecule has 0 N–H and O–H groups in total. The van der Waals surface area contributed by atoms with Gasteiger partial charge >= 0.3 is 0 Å². The predicted octanol–water partition coefficient (Wildman–Crippen LogP) is 0.794. The molecule has 15 heavy (non-hydrogen) atoms. The van der Waals surface area contributed by atoms with Crippen LogP contribution in [-0.2, 0) is 17.9 Å². The van der Waals surface area contributed by atoms with Crippen molar-refractivity contribution in [3.63, 3.8) is 0 Å². The van der Waals surface area contributed by atoms with E-state index in [9.17, 15) is 4.79 Å². The largest absolute Gasteiger partial charge is 0.332 e. The third-order valence-electron chi connectivity index (χ3n) is 2.58. The second-order valence-electron chi connectivity index (χ2n) is 3.58. The smallest absolute Gasteiger partial charge is 0.236 e. The highest BCUT2D eigenvalue weighted by Gasteiger charge is 2.25. The number of alkyl halides is 1. The van der Waals surface area contributed by atoms with Crippen LogP contribution in [0.5, 0.6) is 0 Å². The molecule has 0 bridgehead atoms. The van der Waals surface area contributed by atoms with Gasteiger partial charge < -0.3 is 9.47 Å². The predicted molar refractivity (Wildman–Crippen MR) is 58.4 cm³/mol. The Morgan fingerprint density at radius 2 is 2.47 bits per heavy atom. The van der Waals surface area contributed by atoms with E-state index in [-0.39, 0.29) is 10.7 Å². The van der Waals surface area contributed by atoms with Gasteiger partial charge in [-0.15, -0.1) is 10.2 Å². The molecular weight excluding hydrogens is 260 g/mol. The zero-order valence-electron chi connectivity index (χ0n) is 8.56. The minimum Gasteiger partial charge on any atom is -0.332 e. The zero-order valence-corrected chi connectivity index (χ0v) is 10.1. The molecule has 0 fully saturated rings. The van der Waals surface area contributed by atoms with Gasteiger partial charge in [0, 0.05) is 13.1 Å². The summed E-state index contributed by atoms with van der Waals surface area (Å²) in [5.74, 6) is 1.01. The number of rotatable bonds is 2. The molecule has 5 nitrogen and oxygen atoms in total. The van der Waals surface area contributed by atoms with E-state index in [1.807, 2.05) is 16.4 Å². The molecule has 1 aromatic heterocycles. The number of carbonyl (C=O) groups is 1. The molecule has 0 saturated heterocycles. The number of carbonyl (C=O) groups excluding carboxylic acids is 1. The van der Waals surface area contributed by atoms with Crippen LogP contribution in [0.15, 0.2) is 6.33 Å². The Hall–Kier alpha value is -0.910. The van der Waals surface area contributed by atoms with Gasteiger partial charge in [0.2, 0.25) is 5.91 Å². The summed E-state index contributed by atoms with van der Waals surface area (Å²) >= 11 is 3.37. The van der Waals surface area contributed by atoms with E-state index in [1.165, 1.54) is 0 Å². The number of aromatic nitrogens is 3. The average molecular weight is 273 g/mol. The fourth-order valence-corrected chi connectivity index (χ4v) is 1.92. The normalized spacial score (nSPS) is 17.3. The Labute approximate surface area is 96.6 Å². The number of amides is 1. The number of nitrogens with zero attached hydrogens (tertiary/aromatic N) is 4. The van der Waals surface area contributed by atoms with Crippen LogP contribution in [-0.4, -0.2) is 36.9 Å². The number of hydrogen-bond donors (Lipinski definition) is 0. The number of halogens is 1. The van der Waals surface area contributed by atoms with Gasteiger partial charge in [-0.3, -0.25) is 4.79 Å². The molecule has 6 heteroatoms. The molecule has 0 radical (unpaired) electrons. The molecular formula is C9H13BrN4O. The van der Waals surface area contributed by atoms with Gasteiger partial charge in [0.25, 0.3) is 0 Å². The van der Waals surface area contributed by atoms with Crippen molar-refractivity contribution in [2.75, 3.05) is 6.54 Å². The van der Waals surface area contributed by atoms with E-state index in [2.05, 4.69) is 26.1 Å². The van der Waals surface area contributed by atoms with Crippen molar-refractivity contribution in [3.05, 3.63) is 12.2 Å². The van der Waals surface area contributed by atoms with Crippen molar-refractivity contribution in [1.29, 1.82) is 0 Å². The van der Waals surface area contributed by atoms with Crippen LogP contribution in [0, 0.1) is 0 Å². The lowest BCUT2D eigenvalue weighted by Crippen LogP contribution is -2.41. The molecule has 2 rings (SSSR count). The lowest BCUT2D eigenvalue weighted by atomic mass is 10.2. The first kappa shape index (κ1) is 10.6. The Balaban J connectivity index is 2.06. The van der Waals surface area contributed by atoms with Crippen LogP contribution in [0.3, 0.4) is 0 Å². The van der Waals surface area contributed by atoms with E-state index in [1.54, 1.807) is 6.33 Å². The van der Waals surface area contributed by atoms with Crippen molar-refractivity contribution < 1.29 is 4.79 Å². The molecule has 0 aliphatic carbocycles. The van der Waals surface area contributed by atoms with E-state index < -0.39 is 0 Å². The number of hydrogen-bond acceptors (Lipinski definition) is 3. The molecule has 0 saturated carbocycles. The van der Waals surface area contributed by atoms with Gasteiger partial charge in [0.1, 0.15) is 6.33 Å². The van der Waals surface area contributed by atoms with E-state index in [4.69, 9.17) is 0 Å². The molecule has 2 heterocycles. The molecule has 1 unspecified atom stereocenters. The maximum absolute atomic E-state index is 11.9. The maximum Gasteiger partial charge on any atom is 0.236 e. The van der Waals surface area contributed by atoms with Crippen molar-refractivity contribution >= 4 is 21.8 Å². The fraction of sp³-hybridized carbons (Fsp3) is 0.667. The Bertz CT molecular complexity index is 365. The summed E-state index contributed by atoms with van der Waals surface area (Å²) in [5, 5.41) is 7.80. The van der Waals surface area contributed by atoms with E-state index in [0.29, 0.717) is 6.54 Å². The van der Waals surface area contributed by atoms with Crippen molar-refractivity contribution in [3.8, 4) is 0 Å². The van der Waals surface area contributed by atoms with Crippen molar-refractivity contribution in [2.24, 2.45) is 0 Å². The standard InChI is InChI=1S/C9H13BrN4O/c1-2-7(10)9(15)13-3-4-14-6-11-12-8(14)5-13/h6-7H,2-5H2,1H3. The van der Waals surface area contributed by atoms with Crippen molar-refractivity contribution in [2.45, 2.75) is 31.3 Å². The van der Waals surface area contributed by atoms with Crippen LogP contribution in [0.1, 0.15) is 19.2 Å². The summed E-state index contributed by atoms with van der Waals surface area (Å²) in [5.41, 5.74) is 0. The monoisotopic (exact) mass is 272 g/mol. The SMILES string of the molecule is CCC(Br)C(=O)N1CCn2cnnc2C1. The highest BCUT2D eigenvalue weighted by atomic mass is 79.9. The second-order valence-corrected chi connectivity index (χ2v) is 4.68. The molecule has 1 atom stereocenters. The quantitative estimate of drug-likeness (QED) is 0.749. The summed E-state index contributed by atoms with van der Waals surface area (Å²) in [6.45, 7) is 4.09. The zero-order chi connectivity index (χ0) is 10.8. The highest BCUT2D eigenvalue weighted by molar-refractivity contribution is 9.10. The third kappa shape index (κ3) is 2.04. The Morgan fingerprint density at radius 1 is 1.67 bits per heavy atom. The van der Waals surface area contributed by atoms with Gasteiger partial charge in [0.05, 0.1) is 11.4 Å². The van der Waals surface area contributed by atoms with Crippen LogP contribution in [0.2, 0.25) is 0 Å². The maximum atomic E-state index is 11.9. The summed E-state index contributed by atoms with van der Waals surface area (Å²) in [6.07, 6.45) is 2.52.